The SMILES string of the molecule is CCOc1ccc(C(=O)Nc2ccc(C)cc2O)cc1[N+](=O)[O-]. The molecule has 23 heavy (non-hydrogen) atoms. The lowest BCUT2D eigenvalue weighted by Gasteiger charge is -2.09. The molecule has 2 rings (SSSR count). The van der Waals surface area contributed by atoms with Gasteiger partial charge in [-0.25, -0.2) is 0 Å². The van der Waals surface area contributed by atoms with Crippen LogP contribution < -0.4 is 10.1 Å². The first kappa shape index (κ1) is 16.3. The van der Waals surface area contributed by atoms with Crippen molar-refractivity contribution < 1.29 is 19.6 Å². The molecule has 0 heterocycles. The maximum Gasteiger partial charge on any atom is 0.311 e. The number of anilines is 1. The van der Waals surface area contributed by atoms with E-state index >= 15 is 0 Å². The standard InChI is InChI=1S/C16H16N2O5/c1-3-23-15-7-5-11(9-13(15)18(21)22)16(20)17-12-6-4-10(2)8-14(12)19/h4-9,19H,3H2,1-2H3,(H,17,20). The number of amides is 1. The number of ether oxygens (including phenoxy) is 1. The van der Waals surface area contributed by atoms with Crippen molar-refractivity contribution in [3.8, 4) is 11.5 Å². The molecule has 0 saturated heterocycles. The summed E-state index contributed by atoms with van der Waals surface area (Å²) in [5, 5.41) is 23.4. The van der Waals surface area contributed by atoms with Crippen molar-refractivity contribution in [1.29, 1.82) is 0 Å². The number of hydrogen-bond donors (Lipinski definition) is 2. The first-order valence-electron chi connectivity index (χ1n) is 6.94. The fourth-order valence-electron chi connectivity index (χ4n) is 2.02. The van der Waals surface area contributed by atoms with Crippen LogP contribution in [0.2, 0.25) is 0 Å². The number of nitrogens with zero attached hydrogens (tertiary/aromatic N) is 1. The van der Waals surface area contributed by atoms with Gasteiger partial charge in [-0.15, -0.1) is 0 Å². The highest BCUT2D eigenvalue weighted by Crippen LogP contribution is 2.29. The van der Waals surface area contributed by atoms with Gasteiger partial charge in [-0.3, -0.25) is 14.9 Å². The number of rotatable bonds is 5. The molecule has 7 heteroatoms. The van der Waals surface area contributed by atoms with Crippen LogP contribution in [-0.4, -0.2) is 22.5 Å². The number of aromatic hydroxyl groups is 1. The second kappa shape index (κ2) is 6.78. The zero-order valence-electron chi connectivity index (χ0n) is 12.7. The Hall–Kier alpha value is -3.09. The Morgan fingerprint density at radius 1 is 1.30 bits per heavy atom. The predicted octanol–water partition coefficient (Wildman–Crippen LogP) is 3.26. The minimum atomic E-state index is -0.606. The van der Waals surface area contributed by atoms with Crippen LogP contribution in [0.15, 0.2) is 36.4 Å². The third-order valence-electron chi connectivity index (χ3n) is 3.12. The monoisotopic (exact) mass is 316 g/mol. The minimum absolute atomic E-state index is 0.0706. The third-order valence-corrected chi connectivity index (χ3v) is 3.12. The van der Waals surface area contributed by atoms with Crippen molar-refractivity contribution in [2.45, 2.75) is 13.8 Å². The summed E-state index contributed by atoms with van der Waals surface area (Å²) in [5.41, 5.74) is 0.891. The number of carbonyl (C=O) groups excluding carboxylic acids is 1. The number of hydrogen-bond acceptors (Lipinski definition) is 5. The van der Waals surface area contributed by atoms with Crippen molar-refractivity contribution in [2.75, 3.05) is 11.9 Å². The Balaban J connectivity index is 2.28. The topological polar surface area (TPSA) is 102 Å². The summed E-state index contributed by atoms with van der Waals surface area (Å²) in [6.07, 6.45) is 0. The van der Waals surface area contributed by atoms with Gasteiger partial charge in [-0.05, 0) is 43.7 Å². The van der Waals surface area contributed by atoms with Crippen LogP contribution in [0, 0.1) is 17.0 Å². The van der Waals surface area contributed by atoms with Crippen molar-refractivity contribution in [1.82, 2.24) is 0 Å². The van der Waals surface area contributed by atoms with Gasteiger partial charge in [0.15, 0.2) is 5.75 Å². The zero-order chi connectivity index (χ0) is 17.0. The molecule has 0 atom stereocenters. The van der Waals surface area contributed by atoms with Crippen molar-refractivity contribution in [3.63, 3.8) is 0 Å². The molecule has 7 nitrogen and oxygen atoms in total. The third kappa shape index (κ3) is 3.76. The number of carbonyl (C=O) groups is 1. The molecule has 0 aliphatic rings. The molecule has 0 saturated carbocycles. The van der Waals surface area contributed by atoms with E-state index in [4.69, 9.17) is 4.74 Å². The Labute approximate surface area is 132 Å². The lowest BCUT2D eigenvalue weighted by molar-refractivity contribution is -0.385. The molecule has 0 aliphatic heterocycles. The van der Waals surface area contributed by atoms with Crippen LogP contribution in [-0.2, 0) is 0 Å². The number of nitro groups is 1. The van der Waals surface area contributed by atoms with Crippen molar-refractivity contribution in [3.05, 3.63) is 57.6 Å². The summed E-state index contributed by atoms with van der Waals surface area (Å²) < 4.78 is 5.17. The smallest absolute Gasteiger partial charge is 0.311 e. The van der Waals surface area contributed by atoms with E-state index in [1.165, 1.54) is 18.2 Å². The average Bonchev–Trinajstić information content (AvgIpc) is 2.50. The maximum atomic E-state index is 12.2. The lowest BCUT2D eigenvalue weighted by atomic mass is 10.1. The van der Waals surface area contributed by atoms with Crippen LogP contribution in [0.1, 0.15) is 22.8 Å². The van der Waals surface area contributed by atoms with E-state index in [2.05, 4.69) is 5.32 Å². The van der Waals surface area contributed by atoms with Gasteiger partial charge in [0.05, 0.1) is 17.2 Å². The van der Waals surface area contributed by atoms with Gasteiger partial charge in [0.1, 0.15) is 5.75 Å². The predicted molar refractivity (Wildman–Crippen MR) is 85.1 cm³/mol. The second-order valence-electron chi connectivity index (χ2n) is 4.85. The van der Waals surface area contributed by atoms with E-state index in [9.17, 15) is 20.0 Å². The molecule has 0 fully saturated rings. The summed E-state index contributed by atoms with van der Waals surface area (Å²) in [6.45, 7) is 3.80. The quantitative estimate of drug-likeness (QED) is 0.501. The van der Waals surface area contributed by atoms with Gasteiger partial charge in [-0.2, -0.15) is 0 Å². The number of phenolic OH excluding ortho intramolecular Hbond substituents is 1. The first-order chi connectivity index (χ1) is 10.9. The van der Waals surface area contributed by atoms with E-state index in [-0.39, 0.29) is 35.0 Å². The highest BCUT2D eigenvalue weighted by Gasteiger charge is 2.19. The molecular formula is C16H16N2O5. The number of aryl methyl sites for hydroxylation is 1. The van der Waals surface area contributed by atoms with Gasteiger partial charge in [0.25, 0.3) is 5.91 Å². The van der Waals surface area contributed by atoms with E-state index in [1.54, 1.807) is 26.0 Å². The molecule has 0 bridgehead atoms. The lowest BCUT2D eigenvalue weighted by Crippen LogP contribution is -2.12. The van der Waals surface area contributed by atoms with E-state index in [0.717, 1.165) is 11.6 Å². The summed E-state index contributed by atoms with van der Waals surface area (Å²) in [4.78, 5) is 22.7. The van der Waals surface area contributed by atoms with Crippen molar-refractivity contribution in [2.24, 2.45) is 0 Å². The number of phenols is 1. The largest absolute Gasteiger partial charge is 0.506 e. The molecule has 120 valence electrons. The Bertz CT molecular complexity index is 758. The second-order valence-corrected chi connectivity index (χ2v) is 4.85. The zero-order valence-corrected chi connectivity index (χ0v) is 12.7. The Kier molecular flexibility index (Phi) is 4.80. The summed E-state index contributed by atoms with van der Waals surface area (Å²) >= 11 is 0. The molecular weight excluding hydrogens is 300 g/mol. The number of benzene rings is 2. The maximum absolute atomic E-state index is 12.2. The summed E-state index contributed by atoms with van der Waals surface area (Å²) in [6, 6.07) is 8.76. The number of nitrogens with one attached hydrogen (secondary N) is 1. The van der Waals surface area contributed by atoms with E-state index in [0.29, 0.717) is 0 Å². The molecule has 0 aliphatic carbocycles. The van der Waals surface area contributed by atoms with Crippen LogP contribution in [0.3, 0.4) is 0 Å². The summed E-state index contributed by atoms with van der Waals surface area (Å²) in [5.74, 6) is -0.527. The van der Waals surface area contributed by atoms with E-state index in [1.807, 2.05) is 0 Å². The molecule has 0 radical (unpaired) electrons. The Morgan fingerprint density at radius 2 is 2.04 bits per heavy atom. The fraction of sp³-hybridized carbons (Fsp3) is 0.188. The highest BCUT2D eigenvalue weighted by atomic mass is 16.6. The van der Waals surface area contributed by atoms with Crippen LogP contribution >= 0.6 is 0 Å². The molecule has 0 spiro atoms. The average molecular weight is 316 g/mol. The summed E-state index contributed by atoms with van der Waals surface area (Å²) in [7, 11) is 0. The van der Waals surface area contributed by atoms with Gasteiger partial charge in [0, 0.05) is 11.6 Å². The first-order valence-corrected chi connectivity index (χ1v) is 6.94. The van der Waals surface area contributed by atoms with Gasteiger partial charge in [-0.1, -0.05) is 6.07 Å². The highest BCUT2D eigenvalue weighted by molar-refractivity contribution is 6.05. The molecule has 0 unspecified atom stereocenters. The molecule has 1 amide bonds. The molecule has 2 aromatic carbocycles. The van der Waals surface area contributed by atoms with Crippen LogP contribution in [0.4, 0.5) is 11.4 Å². The Morgan fingerprint density at radius 3 is 2.65 bits per heavy atom. The van der Waals surface area contributed by atoms with Crippen LogP contribution in [0.5, 0.6) is 11.5 Å². The normalized spacial score (nSPS) is 10.2. The fourth-order valence-corrected chi connectivity index (χ4v) is 2.02. The number of nitro benzene ring substituents is 1. The van der Waals surface area contributed by atoms with Gasteiger partial charge < -0.3 is 15.2 Å². The van der Waals surface area contributed by atoms with Crippen molar-refractivity contribution >= 4 is 17.3 Å². The van der Waals surface area contributed by atoms with E-state index < -0.39 is 10.8 Å². The molecule has 2 aromatic rings. The molecule has 0 aromatic heterocycles. The van der Waals surface area contributed by atoms with Gasteiger partial charge in [0.2, 0.25) is 0 Å². The minimum Gasteiger partial charge on any atom is -0.506 e. The van der Waals surface area contributed by atoms with Gasteiger partial charge >= 0.3 is 5.69 Å². The molecule has 2 N–H and O–H groups in total. The van der Waals surface area contributed by atoms with Crippen LogP contribution in [0.25, 0.3) is 0 Å².